The van der Waals surface area contributed by atoms with Gasteiger partial charge in [-0.2, -0.15) is 5.10 Å². The van der Waals surface area contributed by atoms with Gasteiger partial charge in [-0.1, -0.05) is 0 Å². The molecule has 0 unspecified atom stereocenters. The summed E-state index contributed by atoms with van der Waals surface area (Å²) in [4.78, 5) is 0. The molecule has 0 N–H and O–H groups in total. The smallest absolute Gasteiger partial charge is 0.0503 e. The number of hydrogen-bond acceptors (Lipinski definition) is 2. The van der Waals surface area contributed by atoms with Gasteiger partial charge in [0.05, 0.1) is 6.20 Å². The largest absolute Gasteiger partial charge is 0.214 e. The summed E-state index contributed by atoms with van der Waals surface area (Å²) in [7, 11) is 0. The van der Waals surface area contributed by atoms with Crippen LogP contribution >= 0.6 is 12.8 Å². The van der Waals surface area contributed by atoms with E-state index in [-0.39, 0.29) is 0 Å². The van der Waals surface area contributed by atoms with Gasteiger partial charge in [0.25, 0.3) is 0 Å². The molecule has 0 atom stereocenters. The van der Waals surface area contributed by atoms with Gasteiger partial charge in [-0.05, 0) is 25.8 Å². The lowest BCUT2D eigenvalue weighted by atomic mass is 10.5. The van der Waals surface area contributed by atoms with Crippen molar-refractivity contribution in [1.29, 1.82) is 0 Å². The van der Waals surface area contributed by atoms with Crippen LogP contribution in [0, 0.1) is 6.92 Å². The lowest BCUT2D eigenvalue weighted by Gasteiger charge is -1.85. The predicted octanol–water partition coefficient (Wildman–Crippen LogP) is 0.884. The minimum Gasteiger partial charge on any atom is -0.214 e. The van der Waals surface area contributed by atoms with E-state index in [9.17, 15) is 0 Å². The fourth-order valence-corrected chi connectivity index (χ4v) is 0.488. The zero-order chi connectivity index (χ0) is 5.28. The highest BCUT2D eigenvalue weighted by Gasteiger charge is 1.84. The topological polar surface area (TPSA) is 17.8 Å². The molecule has 1 heterocycles. The number of aryl methyl sites for hydroxylation is 1. The van der Waals surface area contributed by atoms with Crippen LogP contribution in [0.15, 0.2) is 12.3 Å². The van der Waals surface area contributed by atoms with Gasteiger partial charge in [-0.15, -0.1) is 0 Å². The lowest BCUT2D eigenvalue weighted by Crippen LogP contribution is -1.82. The molecule has 3 heteroatoms. The number of thiol groups is 1. The van der Waals surface area contributed by atoms with Crippen molar-refractivity contribution >= 4 is 12.8 Å². The molecule has 38 valence electrons. The van der Waals surface area contributed by atoms with Crippen LogP contribution in [0.4, 0.5) is 0 Å². The Kier molecular flexibility index (Phi) is 1.06. The van der Waals surface area contributed by atoms with E-state index in [2.05, 4.69) is 17.9 Å². The van der Waals surface area contributed by atoms with Gasteiger partial charge < -0.3 is 0 Å². The molecule has 0 saturated carbocycles. The molecular weight excluding hydrogens is 108 g/mol. The van der Waals surface area contributed by atoms with Gasteiger partial charge in [0, 0.05) is 5.69 Å². The van der Waals surface area contributed by atoms with Crippen molar-refractivity contribution < 1.29 is 0 Å². The first-order chi connectivity index (χ1) is 3.30. The predicted molar refractivity (Wildman–Crippen MR) is 31.3 cm³/mol. The second-order valence-electron chi connectivity index (χ2n) is 1.36. The molecule has 1 rings (SSSR count). The Balaban J connectivity index is 3.12. The van der Waals surface area contributed by atoms with E-state index in [4.69, 9.17) is 0 Å². The molecule has 0 amide bonds. The van der Waals surface area contributed by atoms with E-state index in [0.717, 1.165) is 5.69 Å². The van der Waals surface area contributed by atoms with E-state index in [0.29, 0.717) is 0 Å². The fraction of sp³-hybridized carbons (Fsp3) is 0.250. The first-order valence-electron chi connectivity index (χ1n) is 2.00. The molecule has 0 radical (unpaired) electrons. The molecule has 1 aromatic heterocycles. The van der Waals surface area contributed by atoms with E-state index in [1.165, 1.54) is 4.09 Å². The third-order valence-electron chi connectivity index (χ3n) is 0.807. The molecule has 7 heavy (non-hydrogen) atoms. The first kappa shape index (κ1) is 4.71. The molecule has 0 aliphatic carbocycles. The maximum atomic E-state index is 3.95. The third kappa shape index (κ3) is 0.771. The minimum atomic E-state index is 1.06. The van der Waals surface area contributed by atoms with Gasteiger partial charge in [-0.25, -0.2) is 4.09 Å². The number of rotatable bonds is 0. The summed E-state index contributed by atoms with van der Waals surface area (Å²) < 4.78 is 1.53. The maximum Gasteiger partial charge on any atom is 0.0503 e. The highest BCUT2D eigenvalue weighted by Crippen LogP contribution is 1.94. The summed E-state index contributed by atoms with van der Waals surface area (Å²) in [5.41, 5.74) is 1.06. The number of hydrogen-bond donors (Lipinski definition) is 1. The Hall–Kier alpha value is -0.440. The number of aromatic nitrogens is 2. The molecule has 0 aliphatic rings. The minimum absolute atomic E-state index is 1.06. The van der Waals surface area contributed by atoms with Crippen molar-refractivity contribution in [3.05, 3.63) is 18.0 Å². The van der Waals surface area contributed by atoms with Crippen molar-refractivity contribution in [3.63, 3.8) is 0 Å². The monoisotopic (exact) mass is 114 g/mol. The molecule has 2 nitrogen and oxygen atoms in total. The van der Waals surface area contributed by atoms with Gasteiger partial charge >= 0.3 is 0 Å². The molecule has 0 aliphatic heterocycles. The van der Waals surface area contributed by atoms with Crippen molar-refractivity contribution in [3.8, 4) is 0 Å². The molecule has 1 aromatic rings. The zero-order valence-corrected chi connectivity index (χ0v) is 4.89. The Labute approximate surface area is 47.7 Å². The second kappa shape index (κ2) is 1.58. The van der Waals surface area contributed by atoms with E-state index < -0.39 is 0 Å². The van der Waals surface area contributed by atoms with Gasteiger partial charge in [0.15, 0.2) is 0 Å². The summed E-state index contributed by atoms with van der Waals surface area (Å²) in [6, 6.07) is 1.90. The Bertz CT molecular complexity index is 142. The van der Waals surface area contributed by atoms with Crippen molar-refractivity contribution in [2.45, 2.75) is 6.92 Å². The molecule has 0 saturated heterocycles. The first-order valence-corrected chi connectivity index (χ1v) is 2.40. The molecule has 0 bridgehead atoms. The van der Waals surface area contributed by atoms with Gasteiger partial charge in [0.1, 0.15) is 0 Å². The molecule has 0 spiro atoms. The highest BCUT2D eigenvalue weighted by atomic mass is 32.1. The van der Waals surface area contributed by atoms with Crippen LogP contribution in [0.25, 0.3) is 0 Å². The fourth-order valence-electron chi connectivity index (χ4n) is 0.362. The van der Waals surface area contributed by atoms with Crippen LogP contribution in [0.3, 0.4) is 0 Å². The Morgan fingerprint density at radius 1 is 1.86 bits per heavy atom. The second-order valence-corrected chi connectivity index (χ2v) is 1.74. The quantitative estimate of drug-likeness (QED) is 0.496. The molecule has 0 aromatic carbocycles. The average molecular weight is 114 g/mol. The summed E-state index contributed by atoms with van der Waals surface area (Å²) in [6.07, 6.45) is 1.71. The molecular formula is C4H6N2S. The van der Waals surface area contributed by atoms with Crippen LogP contribution in [-0.2, 0) is 0 Å². The summed E-state index contributed by atoms with van der Waals surface area (Å²) >= 11 is 3.95. The maximum absolute atomic E-state index is 3.95. The van der Waals surface area contributed by atoms with Gasteiger partial charge in [-0.3, -0.25) is 0 Å². The number of nitrogens with zero attached hydrogens (tertiary/aromatic N) is 2. The van der Waals surface area contributed by atoms with Crippen LogP contribution in [0.2, 0.25) is 0 Å². The Morgan fingerprint density at radius 3 is 2.71 bits per heavy atom. The summed E-state index contributed by atoms with van der Waals surface area (Å²) in [5.74, 6) is 0. The van der Waals surface area contributed by atoms with Crippen LogP contribution in [-0.4, -0.2) is 9.19 Å². The van der Waals surface area contributed by atoms with E-state index in [1.54, 1.807) is 6.20 Å². The van der Waals surface area contributed by atoms with Crippen molar-refractivity contribution in [1.82, 2.24) is 9.19 Å². The third-order valence-corrected chi connectivity index (χ3v) is 1.23. The SMILES string of the molecule is Cc1ccnn1S. The summed E-state index contributed by atoms with van der Waals surface area (Å²) in [5, 5.41) is 3.80. The average Bonchev–Trinajstić information content (AvgIpc) is 1.91. The van der Waals surface area contributed by atoms with Crippen molar-refractivity contribution in [2.75, 3.05) is 0 Å². The standard InChI is InChI=1S/C4H6N2S/c1-4-2-3-5-6(4)7/h2-3,7H,1H3. The molecule has 0 fully saturated rings. The lowest BCUT2D eigenvalue weighted by molar-refractivity contribution is 0.978. The van der Waals surface area contributed by atoms with Crippen LogP contribution in [0.5, 0.6) is 0 Å². The van der Waals surface area contributed by atoms with E-state index >= 15 is 0 Å². The van der Waals surface area contributed by atoms with Crippen molar-refractivity contribution in [2.24, 2.45) is 0 Å². The highest BCUT2D eigenvalue weighted by molar-refractivity contribution is 7.78. The van der Waals surface area contributed by atoms with Crippen LogP contribution in [0.1, 0.15) is 5.69 Å². The normalized spacial score (nSPS) is 9.43. The Morgan fingerprint density at radius 2 is 2.57 bits per heavy atom. The van der Waals surface area contributed by atoms with Gasteiger partial charge in [0.2, 0.25) is 0 Å². The van der Waals surface area contributed by atoms with Crippen LogP contribution < -0.4 is 0 Å². The summed E-state index contributed by atoms with van der Waals surface area (Å²) in [6.45, 7) is 1.94. The van der Waals surface area contributed by atoms with E-state index in [1.807, 2.05) is 13.0 Å². The zero-order valence-electron chi connectivity index (χ0n) is 4.00.